The van der Waals surface area contributed by atoms with Crippen molar-refractivity contribution in [3.8, 4) is 0 Å². The van der Waals surface area contributed by atoms with E-state index >= 15 is 0 Å². The molecule has 1 unspecified atom stereocenters. The number of hydrogen-bond acceptors (Lipinski definition) is 4. The molecule has 0 rings (SSSR count). The molecule has 102 valence electrons. The lowest BCUT2D eigenvalue weighted by molar-refractivity contribution is 0.0519. The maximum Gasteiger partial charge on any atom is 0.407 e. The molecule has 0 spiro atoms. The van der Waals surface area contributed by atoms with Crippen LogP contribution in [0.2, 0.25) is 0 Å². The van der Waals surface area contributed by atoms with Crippen molar-refractivity contribution in [2.75, 3.05) is 13.1 Å². The summed E-state index contributed by atoms with van der Waals surface area (Å²) in [5.41, 5.74) is -1.23. The topological polar surface area (TPSA) is 70.6 Å². The fraction of sp³-hybridized carbons (Fsp3) is 0.917. The molecule has 17 heavy (non-hydrogen) atoms. The number of amides is 1. The molecule has 0 aromatic carbocycles. The summed E-state index contributed by atoms with van der Waals surface area (Å²) in [6.45, 7) is 11.8. The second-order valence-electron chi connectivity index (χ2n) is 5.98. The molecule has 0 bridgehead atoms. The summed E-state index contributed by atoms with van der Waals surface area (Å²) in [6.07, 6.45) is -0.422. The minimum absolute atomic E-state index is 0.0777. The molecule has 0 fully saturated rings. The molecule has 5 heteroatoms. The minimum Gasteiger partial charge on any atom is -0.444 e. The second-order valence-corrected chi connectivity index (χ2v) is 5.98. The lowest BCUT2D eigenvalue weighted by Crippen LogP contribution is -2.45. The lowest BCUT2D eigenvalue weighted by Gasteiger charge is -2.23. The SMILES string of the molecule is CC(CNC(=O)OC(C)(C)C)NCC(C)(C)O. The molecule has 0 saturated heterocycles. The van der Waals surface area contributed by atoms with Gasteiger partial charge in [-0.2, -0.15) is 0 Å². The van der Waals surface area contributed by atoms with Crippen LogP contribution in [-0.2, 0) is 4.74 Å². The van der Waals surface area contributed by atoms with Gasteiger partial charge in [-0.3, -0.25) is 0 Å². The van der Waals surface area contributed by atoms with Crippen molar-refractivity contribution in [1.29, 1.82) is 0 Å². The molecule has 5 nitrogen and oxygen atoms in total. The quantitative estimate of drug-likeness (QED) is 0.683. The Morgan fingerprint density at radius 3 is 2.24 bits per heavy atom. The van der Waals surface area contributed by atoms with Crippen LogP contribution in [0.25, 0.3) is 0 Å². The van der Waals surface area contributed by atoms with E-state index in [1.807, 2.05) is 27.7 Å². The number of carbonyl (C=O) groups excluding carboxylic acids is 1. The first kappa shape index (κ1) is 16.2. The highest BCUT2D eigenvalue weighted by molar-refractivity contribution is 5.67. The third-order valence-corrected chi connectivity index (χ3v) is 1.83. The maximum absolute atomic E-state index is 11.4. The molecule has 0 aliphatic heterocycles. The Morgan fingerprint density at radius 1 is 1.29 bits per heavy atom. The van der Waals surface area contributed by atoms with Crippen molar-refractivity contribution in [1.82, 2.24) is 10.6 Å². The first-order valence-corrected chi connectivity index (χ1v) is 5.92. The third-order valence-electron chi connectivity index (χ3n) is 1.83. The number of alkyl carbamates (subject to hydrolysis) is 1. The smallest absolute Gasteiger partial charge is 0.407 e. The van der Waals surface area contributed by atoms with Crippen LogP contribution in [0.15, 0.2) is 0 Å². The average Bonchev–Trinajstić information content (AvgIpc) is 2.07. The van der Waals surface area contributed by atoms with Gasteiger partial charge in [0, 0.05) is 19.1 Å². The minimum atomic E-state index is -0.750. The van der Waals surface area contributed by atoms with Gasteiger partial charge in [0.25, 0.3) is 0 Å². The van der Waals surface area contributed by atoms with Crippen LogP contribution in [0.3, 0.4) is 0 Å². The third kappa shape index (κ3) is 11.5. The zero-order chi connectivity index (χ0) is 13.7. The van der Waals surface area contributed by atoms with E-state index < -0.39 is 17.3 Å². The van der Waals surface area contributed by atoms with Crippen molar-refractivity contribution >= 4 is 6.09 Å². The fourth-order valence-electron chi connectivity index (χ4n) is 1.05. The summed E-state index contributed by atoms with van der Waals surface area (Å²) in [7, 11) is 0. The Bertz CT molecular complexity index is 241. The van der Waals surface area contributed by atoms with Crippen molar-refractivity contribution in [2.45, 2.75) is 58.8 Å². The summed E-state index contributed by atoms with van der Waals surface area (Å²) in [5.74, 6) is 0. The zero-order valence-corrected chi connectivity index (χ0v) is 11.8. The Morgan fingerprint density at radius 2 is 1.82 bits per heavy atom. The number of rotatable bonds is 5. The molecular formula is C12H26N2O3. The highest BCUT2D eigenvalue weighted by Gasteiger charge is 2.17. The number of hydrogen-bond donors (Lipinski definition) is 3. The van der Waals surface area contributed by atoms with Crippen LogP contribution in [0.4, 0.5) is 4.79 Å². The van der Waals surface area contributed by atoms with Gasteiger partial charge in [0.05, 0.1) is 5.60 Å². The summed E-state index contributed by atoms with van der Waals surface area (Å²) < 4.78 is 5.11. The second kappa shape index (κ2) is 6.21. The zero-order valence-electron chi connectivity index (χ0n) is 11.8. The number of carbonyl (C=O) groups is 1. The Balaban J connectivity index is 3.77. The largest absolute Gasteiger partial charge is 0.444 e. The monoisotopic (exact) mass is 246 g/mol. The van der Waals surface area contributed by atoms with Crippen molar-refractivity contribution in [3.63, 3.8) is 0 Å². The van der Waals surface area contributed by atoms with Gasteiger partial charge in [-0.25, -0.2) is 4.79 Å². The van der Waals surface area contributed by atoms with Crippen molar-refractivity contribution < 1.29 is 14.6 Å². The molecule has 0 aliphatic rings. The Kier molecular flexibility index (Phi) is 5.92. The lowest BCUT2D eigenvalue weighted by atomic mass is 10.1. The Hall–Kier alpha value is -0.810. The van der Waals surface area contributed by atoms with Gasteiger partial charge in [-0.05, 0) is 41.5 Å². The van der Waals surface area contributed by atoms with Crippen LogP contribution < -0.4 is 10.6 Å². The standard InChI is InChI=1S/C12H26N2O3/c1-9(14-8-12(5,6)16)7-13-10(15)17-11(2,3)4/h9,14,16H,7-8H2,1-6H3,(H,13,15). The molecule has 0 aromatic rings. The number of aliphatic hydroxyl groups is 1. The van der Waals surface area contributed by atoms with E-state index in [4.69, 9.17) is 4.74 Å². The van der Waals surface area contributed by atoms with E-state index in [1.165, 1.54) is 0 Å². The van der Waals surface area contributed by atoms with Crippen molar-refractivity contribution in [2.24, 2.45) is 0 Å². The van der Waals surface area contributed by atoms with E-state index in [1.54, 1.807) is 13.8 Å². The molecule has 1 amide bonds. The van der Waals surface area contributed by atoms with Gasteiger partial charge in [0.1, 0.15) is 5.60 Å². The summed E-state index contributed by atoms with van der Waals surface area (Å²) >= 11 is 0. The molecule has 0 heterocycles. The molecule has 0 aromatic heterocycles. The summed E-state index contributed by atoms with van der Waals surface area (Å²) in [5, 5.41) is 15.3. The summed E-state index contributed by atoms with van der Waals surface area (Å²) in [4.78, 5) is 11.4. The van der Waals surface area contributed by atoms with Gasteiger partial charge in [0.2, 0.25) is 0 Å². The molecule has 1 atom stereocenters. The Labute approximate surface area is 104 Å². The predicted octanol–water partition coefficient (Wildman–Crippen LogP) is 1.26. The van der Waals surface area contributed by atoms with Crippen LogP contribution in [0.5, 0.6) is 0 Å². The first-order chi connectivity index (χ1) is 7.49. The van der Waals surface area contributed by atoms with Crippen LogP contribution in [0.1, 0.15) is 41.5 Å². The van der Waals surface area contributed by atoms with Gasteiger partial charge in [-0.1, -0.05) is 0 Å². The fourth-order valence-corrected chi connectivity index (χ4v) is 1.05. The summed E-state index contributed by atoms with van der Waals surface area (Å²) in [6, 6.07) is 0.0777. The van der Waals surface area contributed by atoms with Gasteiger partial charge in [-0.15, -0.1) is 0 Å². The molecule has 0 saturated carbocycles. The van der Waals surface area contributed by atoms with E-state index in [9.17, 15) is 9.90 Å². The van der Waals surface area contributed by atoms with Gasteiger partial charge >= 0.3 is 6.09 Å². The predicted molar refractivity (Wildman–Crippen MR) is 68.0 cm³/mol. The van der Waals surface area contributed by atoms with E-state index in [-0.39, 0.29) is 6.04 Å². The molecular weight excluding hydrogens is 220 g/mol. The molecule has 0 aliphatic carbocycles. The average molecular weight is 246 g/mol. The normalized spacial score (nSPS) is 14.3. The number of ether oxygens (including phenoxy) is 1. The van der Waals surface area contributed by atoms with E-state index in [0.717, 1.165) is 0 Å². The van der Waals surface area contributed by atoms with Crippen LogP contribution in [-0.4, -0.2) is 41.5 Å². The first-order valence-electron chi connectivity index (χ1n) is 5.92. The number of nitrogens with one attached hydrogen (secondary N) is 2. The van der Waals surface area contributed by atoms with Gasteiger partial charge in [0.15, 0.2) is 0 Å². The van der Waals surface area contributed by atoms with Crippen molar-refractivity contribution in [3.05, 3.63) is 0 Å². The molecule has 3 N–H and O–H groups in total. The maximum atomic E-state index is 11.4. The van der Waals surface area contributed by atoms with Crippen LogP contribution in [0, 0.1) is 0 Å². The molecule has 0 radical (unpaired) electrons. The van der Waals surface area contributed by atoms with E-state index in [2.05, 4.69) is 10.6 Å². The van der Waals surface area contributed by atoms with Crippen LogP contribution >= 0.6 is 0 Å². The highest BCUT2D eigenvalue weighted by Crippen LogP contribution is 2.06. The van der Waals surface area contributed by atoms with E-state index in [0.29, 0.717) is 13.1 Å². The van der Waals surface area contributed by atoms with Gasteiger partial charge < -0.3 is 20.5 Å². The highest BCUT2D eigenvalue weighted by atomic mass is 16.6.